The summed E-state index contributed by atoms with van der Waals surface area (Å²) in [5.74, 6) is 0. The van der Waals surface area contributed by atoms with Crippen molar-refractivity contribution in [2.45, 2.75) is 12.8 Å². The monoisotopic (exact) mass is 220 g/mol. The van der Waals surface area contributed by atoms with Gasteiger partial charge in [-0.25, -0.2) is 0 Å². The van der Waals surface area contributed by atoms with Gasteiger partial charge in [0.05, 0.1) is 0 Å². The summed E-state index contributed by atoms with van der Waals surface area (Å²) in [6.45, 7) is 7.52. The summed E-state index contributed by atoms with van der Waals surface area (Å²) < 4.78 is 0. The Kier molecular flexibility index (Phi) is 4.70. The molecule has 0 nitrogen and oxygen atoms in total. The Bertz CT molecular complexity index is 331. The van der Waals surface area contributed by atoms with Crippen molar-refractivity contribution >= 4 is 25.1 Å². The molecule has 2 radical (unpaired) electrons. The van der Waals surface area contributed by atoms with Crippen LogP contribution in [0.2, 0.25) is 0 Å². The van der Waals surface area contributed by atoms with Crippen molar-refractivity contribution in [2.75, 3.05) is 0 Å². The minimum absolute atomic E-state index is 0.330. The van der Waals surface area contributed by atoms with Crippen molar-refractivity contribution in [1.82, 2.24) is 0 Å². The molecule has 0 aliphatic rings. The van der Waals surface area contributed by atoms with E-state index in [1.54, 1.807) is 0 Å². The van der Waals surface area contributed by atoms with Crippen LogP contribution >= 0.6 is 11.1 Å². The molecular formula is C12H13ClSi. The lowest BCUT2D eigenvalue weighted by molar-refractivity contribution is 1.17. The van der Waals surface area contributed by atoms with Crippen molar-refractivity contribution in [3.63, 3.8) is 0 Å². The van der Waals surface area contributed by atoms with E-state index in [1.165, 1.54) is 16.3 Å². The Morgan fingerprint density at radius 1 is 1.21 bits per heavy atom. The summed E-state index contributed by atoms with van der Waals surface area (Å²) in [5, 5.41) is 1.23. The van der Waals surface area contributed by atoms with Crippen LogP contribution < -0.4 is 5.19 Å². The van der Waals surface area contributed by atoms with Gasteiger partial charge in [0, 0.05) is 0 Å². The lowest BCUT2D eigenvalue weighted by Crippen LogP contribution is -2.17. The molecule has 1 rings (SSSR count). The van der Waals surface area contributed by atoms with Gasteiger partial charge in [0.15, 0.2) is 0 Å². The number of halogens is 1. The largest absolute Gasteiger partial charge is 0.210 e. The Hall–Kier alpha value is -0.793. The first-order valence-electron chi connectivity index (χ1n) is 4.52. The lowest BCUT2D eigenvalue weighted by atomic mass is 10.0. The van der Waals surface area contributed by atoms with E-state index in [9.17, 15) is 0 Å². The van der Waals surface area contributed by atoms with E-state index >= 15 is 0 Å². The van der Waals surface area contributed by atoms with E-state index in [0.717, 1.165) is 12.8 Å². The van der Waals surface area contributed by atoms with Crippen LogP contribution in [-0.2, 0) is 12.8 Å². The second-order valence-electron chi connectivity index (χ2n) is 3.02. The van der Waals surface area contributed by atoms with E-state index in [4.69, 9.17) is 11.1 Å². The van der Waals surface area contributed by atoms with Gasteiger partial charge in [0.2, 0.25) is 8.83 Å². The predicted molar refractivity (Wildman–Crippen MR) is 65.5 cm³/mol. The number of benzene rings is 1. The third kappa shape index (κ3) is 2.60. The van der Waals surface area contributed by atoms with Crippen LogP contribution in [0.1, 0.15) is 11.1 Å². The van der Waals surface area contributed by atoms with E-state index < -0.39 is 0 Å². The van der Waals surface area contributed by atoms with Gasteiger partial charge in [-0.05, 0) is 29.2 Å². The third-order valence-electron chi connectivity index (χ3n) is 2.09. The smallest absolute Gasteiger partial charge is 0.165 e. The van der Waals surface area contributed by atoms with Crippen molar-refractivity contribution in [3.8, 4) is 0 Å². The minimum Gasteiger partial charge on any atom is -0.165 e. The van der Waals surface area contributed by atoms with E-state index in [1.807, 2.05) is 12.2 Å². The van der Waals surface area contributed by atoms with Gasteiger partial charge in [-0.3, -0.25) is 0 Å². The molecule has 0 aromatic heterocycles. The zero-order valence-electron chi connectivity index (χ0n) is 8.09. The highest BCUT2D eigenvalue weighted by atomic mass is 35.6. The molecule has 0 bridgehead atoms. The Morgan fingerprint density at radius 3 is 2.50 bits per heavy atom. The molecule has 0 aliphatic carbocycles. The standard InChI is InChI=1S/C12H13ClSi/c1-3-6-10-8-5-9-12(14-13)11(10)7-4-2/h3-5,8-9H,1-2,6-7H2. The van der Waals surface area contributed by atoms with Crippen LogP contribution in [0.15, 0.2) is 43.5 Å². The zero-order chi connectivity index (χ0) is 10.4. The minimum atomic E-state index is 0.330. The molecule has 0 fully saturated rings. The summed E-state index contributed by atoms with van der Waals surface area (Å²) >= 11 is 5.91. The predicted octanol–water partition coefficient (Wildman–Crippen LogP) is 2.63. The highest BCUT2D eigenvalue weighted by molar-refractivity contribution is 7.01. The molecule has 0 amide bonds. The molecule has 1 aromatic rings. The van der Waals surface area contributed by atoms with Gasteiger partial charge in [-0.1, -0.05) is 30.4 Å². The van der Waals surface area contributed by atoms with Crippen LogP contribution in [0.25, 0.3) is 0 Å². The summed E-state index contributed by atoms with van der Waals surface area (Å²) in [7, 11) is 0.330. The molecule has 0 atom stereocenters. The molecule has 0 aliphatic heterocycles. The van der Waals surface area contributed by atoms with Crippen molar-refractivity contribution < 1.29 is 0 Å². The first-order valence-corrected chi connectivity index (χ1v) is 6.53. The van der Waals surface area contributed by atoms with Crippen LogP contribution in [0.3, 0.4) is 0 Å². The number of hydrogen-bond acceptors (Lipinski definition) is 0. The first-order chi connectivity index (χ1) is 6.83. The quantitative estimate of drug-likeness (QED) is 0.407. The van der Waals surface area contributed by atoms with Gasteiger partial charge in [-0.15, -0.1) is 13.2 Å². The van der Waals surface area contributed by atoms with Crippen LogP contribution in [0.4, 0.5) is 0 Å². The van der Waals surface area contributed by atoms with Gasteiger partial charge in [0.1, 0.15) is 0 Å². The first kappa shape index (κ1) is 11.3. The molecule has 0 spiro atoms. The maximum absolute atomic E-state index is 5.91. The maximum atomic E-state index is 5.91. The number of rotatable bonds is 5. The van der Waals surface area contributed by atoms with Crippen molar-refractivity contribution in [2.24, 2.45) is 0 Å². The van der Waals surface area contributed by atoms with E-state index in [0.29, 0.717) is 8.83 Å². The van der Waals surface area contributed by atoms with Crippen molar-refractivity contribution in [1.29, 1.82) is 0 Å². The molecule has 0 saturated heterocycles. The third-order valence-corrected chi connectivity index (χ3v) is 3.37. The SMILES string of the molecule is C=CCc1cccc([Si]Cl)c1CC=C. The van der Waals surface area contributed by atoms with E-state index in [-0.39, 0.29) is 0 Å². The Balaban J connectivity index is 3.12. The molecule has 2 heteroatoms. The Labute approximate surface area is 92.8 Å². The second kappa shape index (κ2) is 5.84. The summed E-state index contributed by atoms with van der Waals surface area (Å²) in [5.41, 5.74) is 2.63. The molecule has 1 aromatic carbocycles. The fourth-order valence-corrected chi connectivity index (χ4v) is 2.52. The molecular weight excluding hydrogens is 208 g/mol. The lowest BCUT2D eigenvalue weighted by Gasteiger charge is -2.09. The Morgan fingerprint density at radius 2 is 1.93 bits per heavy atom. The fraction of sp³-hybridized carbons (Fsp3) is 0.167. The van der Waals surface area contributed by atoms with Crippen LogP contribution in [0.5, 0.6) is 0 Å². The highest BCUT2D eigenvalue weighted by Crippen LogP contribution is 2.09. The number of hydrogen-bond donors (Lipinski definition) is 0. The highest BCUT2D eigenvalue weighted by Gasteiger charge is 2.05. The topological polar surface area (TPSA) is 0 Å². The molecule has 0 saturated carbocycles. The average molecular weight is 221 g/mol. The second-order valence-corrected chi connectivity index (χ2v) is 4.32. The molecule has 0 heterocycles. The normalized spacial score (nSPS) is 9.79. The van der Waals surface area contributed by atoms with Gasteiger partial charge < -0.3 is 0 Å². The molecule has 0 unspecified atom stereocenters. The van der Waals surface area contributed by atoms with Gasteiger partial charge in [-0.2, -0.15) is 11.1 Å². The summed E-state index contributed by atoms with van der Waals surface area (Å²) in [4.78, 5) is 0. The zero-order valence-corrected chi connectivity index (χ0v) is 9.85. The fourth-order valence-electron chi connectivity index (χ4n) is 1.46. The summed E-state index contributed by atoms with van der Waals surface area (Å²) in [6.07, 6.45) is 5.63. The number of allylic oxidation sites excluding steroid dienone is 2. The molecule has 14 heavy (non-hydrogen) atoms. The maximum Gasteiger partial charge on any atom is 0.210 e. The molecule has 0 N–H and O–H groups in total. The molecule has 72 valence electrons. The van der Waals surface area contributed by atoms with Crippen LogP contribution in [0, 0.1) is 0 Å². The van der Waals surface area contributed by atoms with E-state index in [2.05, 4.69) is 31.4 Å². The summed E-state index contributed by atoms with van der Waals surface area (Å²) in [6, 6.07) is 6.26. The van der Waals surface area contributed by atoms with Crippen LogP contribution in [-0.4, -0.2) is 8.83 Å². The van der Waals surface area contributed by atoms with Gasteiger partial charge >= 0.3 is 0 Å². The average Bonchev–Trinajstić information content (AvgIpc) is 2.21. The van der Waals surface area contributed by atoms with Gasteiger partial charge in [0.25, 0.3) is 0 Å². The van der Waals surface area contributed by atoms with Crippen molar-refractivity contribution in [3.05, 3.63) is 54.6 Å².